The van der Waals surface area contributed by atoms with Crippen molar-refractivity contribution < 1.29 is 28.6 Å². The molecule has 1 aromatic heterocycles. The van der Waals surface area contributed by atoms with Crippen LogP contribution in [0.15, 0.2) is 24.3 Å². The number of carbonyl (C=O) groups is 3. The minimum atomic E-state index is -0.838. The highest BCUT2D eigenvalue weighted by molar-refractivity contribution is 5.76. The first kappa shape index (κ1) is 25.2. The quantitative estimate of drug-likeness (QED) is 0.525. The molecular weight excluding hydrogens is 440 g/mol. The largest absolute Gasteiger partial charge is 0.454 e. The lowest BCUT2D eigenvalue weighted by atomic mass is 9.99. The standard InChI is InChI=1S/C24H32N4O6/c1-14(29)32-18-13-28(22(31)34-24(5,6)7)17(12-25-21(30)33-23(2,3)4)19-20(18)27-16-11-9-8-10-15(16)26-19/h8-11,17-18H,12-13H2,1-7H3,(H,25,30)/t17-,18-/m1/s1. The molecule has 0 fully saturated rings. The third kappa shape index (κ3) is 6.33. The van der Waals surface area contributed by atoms with Crippen LogP contribution in [-0.4, -0.2) is 57.3 Å². The second kappa shape index (κ2) is 9.44. The highest BCUT2D eigenvalue weighted by Crippen LogP contribution is 2.36. The number of rotatable bonds is 3. The normalized spacial score (nSPS) is 18.1. The molecule has 0 unspecified atom stereocenters. The van der Waals surface area contributed by atoms with Gasteiger partial charge in [0.2, 0.25) is 0 Å². The van der Waals surface area contributed by atoms with Crippen LogP contribution in [-0.2, 0) is 19.0 Å². The number of nitrogens with zero attached hydrogens (tertiary/aromatic N) is 3. The summed E-state index contributed by atoms with van der Waals surface area (Å²) in [7, 11) is 0. The topological polar surface area (TPSA) is 120 Å². The Hall–Kier alpha value is -3.43. The van der Waals surface area contributed by atoms with Crippen LogP contribution in [0, 0.1) is 0 Å². The Labute approximate surface area is 199 Å². The van der Waals surface area contributed by atoms with Gasteiger partial charge in [-0.05, 0) is 53.7 Å². The van der Waals surface area contributed by atoms with E-state index in [-0.39, 0.29) is 13.1 Å². The van der Waals surface area contributed by atoms with Crippen LogP contribution in [0.4, 0.5) is 9.59 Å². The molecule has 1 N–H and O–H groups in total. The minimum absolute atomic E-state index is 0.000960. The van der Waals surface area contributed by atoms with Gasteiger partial charge in [0.15, 0.2) is 6.10 Å². The predicted molar refractivity (Wildman–Crippen MR) is 124 cm³/mol. The fraction of sp³-hybridized carbons (Fsp3) is 0.542. The first-order valence-electron chi connectivity index (χ1n) is 11.1. The lowest BCUT2D eigenvalue weighted by molar-refractivity contribution is -0.149. The maximum atomic E-state index is 13.2. The molecule has 34 heavy (non-hydrogen) atoms. The van der Waals surface area contributed by atoms with E-state index in [0.717, 1.165) is 0 Å². The van der Waals surface area contributed by atoms with Gasteiger partial charge in [-0.1, -0.05) is 12.1 Å². The van der Waals surface area contributed by atoms with Crippen LogP contribution in [0.1, 0.15) is 72.0 Å². The summed E-state index contributed by atoms with van der Waals surface area (Å²) in [5, 5.41) is 2.72. The molecular formula is C24H32N4O6. The van der Waals surface area contributed by atoms with Crippen molar-refractivity contribution in [1.29, 1.82) is 0 Å². The van der Waals surface area contributed by atoms with E-state index in [1.807, 2.05) is 18.2 Å². The number of para-hydroxylation sites is 2. The molecule has 2 aromatic rings. The summed E-state index contributed by atoms with van der Waals surface area (Å²) in [4.78, 5) is 48.2. The Morgan fingerprint density at radius 1 is 0.971 bits per heavy atom. The number of benzene rings is 1. The lowest BCUT2D eigenvalue weighted by Gasteiger charge is -2.39. The summed E-state index contributed by atoms with van der Waals surface area (Å²) in [6.45, 7) is 11.8. The number of carbonyl (C=O) groups excluding carboxylic acids is 3. The number of hydrogen-bond donors (Lipinski definition) is 1. The van der Waals surface area contributed by atoms with Crippen molar-refractivity contribution in [3.8, 4) is 0 Å². The zero-order valence-corrected chi connectivity index (χ0v) is 20.7. The summed E-state index contributed by atoms with van der Waals surface area (Å²) in [6, 6.07) is 6.55. The van der Waals surface area contributed by atoms with Gasteiger partial charge in [-0.2, -0.15) is 0 Å². The van der Waals surface area contributed by atoms with Gasteiger partial charge in [0.1, 0.15) is 16.9 Å². The Morgan fingerprint density at radius 2 is 1.53 bits per heavy atom. The third-order valence-electron chi connectivity index (χ3n) is 4.76. The predicted octanol–water partition coefficient (Wildman–Crippen LogP) is 4.05. The van der Waals surface area contributed by atoms with Gasteiger partial charge in [0.25, 0.3) is 0 Å². The molecule has 2 atom stereocenters. The smallest absolute Gasteiger partial charge is 0.411 e. The molecule has 10 nitrogen and oxygen atoms in total. The van der Waals surface area contributed by atoms with E-state index in [1.165, 1.54) is 11.8 Å². The van der Waals surface area contributed by atoms with Gasteiger partial charge in [-0.15, -0.1) is 0 Å². The number of amides is 2. The zero-order valence-electron chi connectivity index (χ0n) is 20.7. The van der Waals surface area contributed by atoms with Gasteiger partial charge < -0.3 is 19.5 Å². The van der Waals surface area contributed by atoms with Crippen molar-refractivity contribution in [1.82, 2.24) is 20.2 Å². The highest BCUT2D eigenvalue weighted by Gasteiger charge is 2.42. The summed E-state index contributed by atoms with van der Waals surface area (Å²) in [5.41, 5.74) is 0.643. The van der Waals surface area contributed by atoms with Crippen molar-refractivity contribution in [3.63, 3.8) is 0 Å². The van der Waals surface area contributed by atoms with Crippen LogP contribution in [0.3, 0.4) is 0 Å². The number of hydrogen-bond acceptors (Lipinski definition) is 8. The Balaban J connectivity index is 2.05. The Kier molecular flexibility index (Phi) is 6.99. The maximum Gasteiger partial charge on any atom is 0.411 e. The average Bonchev–Trinajstić information content (AvgIpc) is 2.68. The number of nitrogens with one attached hydrogen (secondary N) is 1. The first-order valence-corrected chi connectivity index (χ1v) is 11.1. The fourth-order valence-corrected chi connectivity index (χ4v) is 3.57. The molecule has 1 aliphatic heterocycles. The van der Waals surface area contributed by atoms with E-state index in [4.69, 9.17) is 24.2 Å². The van der Waals surface area contributed by atoms with Gasteiger partial charge in [-0.3, -0.25) is 9.69 Å². The molecule has 2 heterocycles. The number of alkyl carbamates (subject to hydrolysis) is 1. The summed E-state index contributed by atoms with van der Waals surface area (Å²) >= 11 is 0. The van der Waals surface area contributed by atoms with E-state index in [9.17, 15) is 14.4 Å². The van der Waals surface area contributed by atoms with Crippen LogP contribution < -0.4 is 5.32 Å². The van der Waals surface area contributed by atoms with E-state index >= 15 is 0 Å². The average molecular weight is 473 g/mol. The van der Waals surface area contributed by atoms with Crippen LogP contribution >= 0.6 is 0 Å². The van der Waals surface area contributed by atoms with Crippen LogP contribution in [0.5, 0.6) is 0 Å². The number of esters is 1. The van der Waals surface area contributed by atoms with Crippen molar-refractivity contribution in [3.05, 3.63) is 35.7 Å². The molecule has 184 valence electrons. The van der Waals surface area contributed by atoms with Crippen LogP contribution in [0.2, 0.25) is 0 Å². The number of fused-ring (bicyclic) bond motifs is 2. The lowest BCUT2D eigenvalue weighted by Crippen LogP contribution is -2.49. The van der Waals surface area contributed by atoms with E-state index in [2.05, 4.69) is 5.32 Å². The van der Waals surface area contributed by atoms with Crippen LogP contribution in [0.25, 0.3) is 11.0 Å². The molecule has 0 saturated carbocycles. The molecule has 1 aromatic carbocycles. The van der Waals surface area contributed by atoms with E-state index < -0.39 is 41.5 Å². The first-order chi connectivity index (χ1) is 15.7. The molecule has 0 spiro atoms. The van der Waals surface area contributed by atoms with Crippen molar-refractivity contribution in [2.24, 2.45) is 0 Å². The minimum Gasteiger partial charge on any atom is -0.454 e. The maximum absolute atomic E-state index is 13.2. The van der Waals surface area contributed by atoms with E-state index in [1.54, 1.807) is 47.6 Å². The molecule has 0 radical (unpaired) electrons. The van der Waals surface area contributed by atoms with E-state index in [0.29, 0.717) is 22.4 Å². The zero-order chi connectivity index (χ0) is 25.3. The molecule has 0 aliphatic carbocycles. The number of aromatic nitrogens is 2. The monoisotopic (exact) mass is 472 g/mol. The highest BCUT2D eigenvalue weighted by atomic mass is 16.6. The Bertz CT molecular complexity index is 1090. The molecule has 10 heteroatoms. The summed E-state index contributed by atoms with van der Waals surface area (Å²) in [6.07, 6.45) is -2.09. The SMILES string of the molecule is CC(=O)O[C@@H]1CN(C(=O)OC(C)(C)C)[C@H](CNC(=O)OC(C)(C)C)c2nc3ccccc3nc21. The molecule has 0 saturated heterocycles. The number of ether oxygens (including phenoxy) is 3. The second-order valence-electron chi connectivity index (χ2n) is 10.1. The molecule has 1 aliphatic rings. The summed E-state index contributed by atoms with van der Waals surface area (Å²) < 4.78 is 16.5. The van der Waals surface area contributed by atoms with Gasteiger partial charge in [0.05, 0.1) is 29.3 Å². The molecule has 0 bridgehead atoms. The van der Waals surface area contributed by atoms with Crippen molar-refractivity contribution >= 4 is 29.2 Å². The fourth-order valence-electron chi connectivity index (χ4n) is 3.57. The molecule has 3 rings (SSSR count). The van der Waals surface area contributed by atoms with Crippen molar-refractivity contribution in [2.45, 2.75) is 71.8 Å². The van der Waals surface area contributed by atoms with Gasteiger partial charge in [-0.25, -0.2) is 19.6 Å². The summed E-state index contributed by atoms with van der Waals surface area (Å²) in [5.74, 6) is -0.514. The third-order valence-corrected chi connectivity index (χ3v) is 4.76. The Morgan fingerprint density at radius 3 is 2.06 bits per heavy atom. The molecule has 2 amide bonds. The second-order valence-corrected chi connectivity index (χ2v) is 10.1. The van der Waals surface area contributed by atoms with Gasteiger partial charge >= 0.3 is 18.2 Å². The van der Waals surface area contributed by atoms with Gasteiger partial charge in [0, 0.05) is 13.5 Å². The van der Waals surface area contributed by atoms with Crippen molar-refractivity contribution in [2.75, 3.05) is 13.1 Å².